The Kier molecular flexibility index (Phi) is 9.60. The molecule has 5 atom stereocenters. The van der Waals surface area contributed by atoms with Crippen molar-refractivity contribution in [3.8, 4) is 0 Å². The molecular formula is C30H47N5O8. The molecule has 3 saturated carbocycles. The highest BCUT2D eigenvalue weighted by molar-refractivity contribution is 6.37. The molecule has 1 unspecified atom stereocenters. The van der Waals surface area contributed by atoms with Crippen LogP contribution < -0.4 is 21.7 Å². The Labute approximate surface area is 252 Å². The van der Waals surface area contributed by atoms with Crippen LogP contribution in [-0.4, -0.2) is 84.5 Å². The molecule has 4 rings (SSSR count). The first-order valence-electron chi connectivity index (χ1n) is 15.4. The lowest BCUT2D eigenvalue weighted by Crippen LogP contribution is -2.62. The number of carbonyl (C=O) groups excluding carboxylic acids is 6. The molecule has 1 aliphatic heterocycles. The molecule has 1 saturated heterocycles. The quantitative estimate of drug-likeness (QED) is 0.191. The van der Waals surface area contributed by atoms with E-state index in [2.05, 4.69) is 20.7 Å². The molecule has 0 aromatic carbocycles. The third kappa shape index (κ3) is 7.23. The number of ether oxygens (including phenoxy) is 2. The van der Waals surface area contributed by atoms with Gasteiger partial charge in [-0.3, -0.25) is 19.2 Å². The Hall–Kier alpha value is -3.38. The van der Waals surface area contributed by atoms with Crippen molar-refractivity contribution in [1.29, 1.82) is 0 Å². The van der Waals surface area contributed by atoms with Gasteiger partial charge in [0.1, 0.15) is 18.7 Å². The van der Waals surface area contributed by atoms with Crippen LogP contribution in [-0.2, 0) is 28.7 Å². The molecule has 5 N–H and O–H groups in total. The van der Waals surface area contributed by atoms with Crippen molar-refractivity contribution in [3.63, 3.8) is 0 Å². The molecule has 13 heteroatoms. The van der Waals surface area contributed by atoms with E-state index in [4.69, 9.17) is 10.5 Å². The SMILES string of the molecule is COC(=O)OCC1(NC(=O)N[C@H](C(=O)N2C[C@H]3[C@@H]([C@H]2C(=O)NC(CC2CC2)C(=O)C(N)=O)C3(C)C)C(C)C)CCCCC1. The Morgan fingerprint density at radius 1 is 1.00 bits per heavy atom. The number of carbonyl (C=O) groups is 6. The number of rotatable bonds is 12. The number of likely N-dealkylation sites (tertiary alicyclic amines) is 1. The second-order valence-electron chi connectivity index (χ2n) is 13.8. The Bertz CT molecular complexity index is 1130. The lowest BCUT2D eigenvalue weighted by atomic mass is 9.82. The van der Waals surface area contributed by atoms with Gasteiger partial charge < -0.3 is 36.1 Å². The number of piperidine rings is 1. The maximum atomic E-state index is 14.0. The predicted molar refractivity (Wildman–Crippen MR) is 154 cm³/mol. The van der Waals surface area contributed by atoms with Crippen molar-refractivity contribution in [2.45, 2.75) is 103 Å². The zero-order valence-electron chi connectivity index (χ0n) is 25.9. The Morgan fingerprint density at radius 3 is 2.21 bits per heavy atom. The lowest BCUT2D eigenvalue weighted by Gasteiger charge is -2.38. The smallest absolute Gasteiger partial charge is 0.438 e. The molecule has 4 fully saturated rings. The minimum atomic E-state index is -1.10. The fraction of sp³-hybridized carbons (Fsp3) is 0.800. The second-order valence-corrected chi connectivity index (χ2v) is 13.8. The van der Waals surface area contributed by atoms with Gasteiger partial charge in [0.05, 0.1) is 18.7 Å². The molecule has 4 aliphatic rings. The van der Waals surface area contributed by atoms with Gasteiger partial charge in [-0.1, -0.05) is 59.8 Å². The zero-order chi connectivity index (χ0) is 31.7. The normalized spacial score (nSPS) is 26.4. The van der Waals surface area contributed by atoms with Crippen LogP contribution in [0.3, 0.4) is 0 Å². The number of fused-ring (bicyclic) bond motifs is 1. The molecule has 0 aromatic rings. The average Bonchev–Trinajstić information content (AvgIpc) is 3.81. The second kappa shape index (κ2) is 12.7. The maximum absolute atomic E-state index is 14.0. The van der Waals surface area contributed by atoms with E-state index in [-0.39, 0.29) is 35.7 Å². The van der Waals surface area contributed by atoms with Gasteiger partial charge in [0, 0.05) is 6.54 Å². The van der Waals surface area contributed by atoms with Crippen LogP contribution in [0.5, 0.6) is 0 Å². The summed E-state index contributed by atoms with van der Waals surface area (Å²) in [7, 11) is 1.22. The van der Waals surface area contributed by atoms with Gasteiger partial charge in [-0.25, -0.2) is 9.59 Å². The van der Waals surface area contributed by atoms with E-state index < -0.39 is 59.4 Å². The summed E-state index contributed by atoms with van der Waals surface area (Å²) in [5.41, 5.74) is 4.31. The molecule has 1 heterocycles. The van der Waals surface area contributed by atoms with Crippen LogP contribution in [0.2, 0.25) is 0 Å². The van der Waals surface area contributed by atoms with Crippen molar-refractivity contribution in [2.75, 3.05) is 20.3 Å². The van der Waals surface area contributed by atoms with E-state index in [1.807, 2.05) is 27.7 Å². The molecule has 240 valence electrons. The molecule has 5 amide bonds. The number of nitrogens with zero attached hydrogens (tertiary/aromatic N) is 1. The van der Waals surface area contributed by atoms with Gasteiger partial charge in [-0.05, 0) is 48.3 Å². The average molecular weight is 606 g/mol. The van der Waals surface area contributed by atoms with Crippen LogP contribution in [0.1, 0.15) is 79.1 Å². The van der Waals surface area contributed by atoms with Crippen molar-refractivity contribution >= 4 is 35.7 Å². The zero-order valence-corrected chi connectivity index (χ0v) is 25.9. The lowest BCUT2D eigenvalue weighted by molar-refractivity contribution is -0.144. The number of nitrogens with one attached hydrogen (secondary N) is 3. The number of urea groups is 1. The molecule has 0 spiro atoms. The fourth-order valence-electron chi connectivity index (χ4n) is 7.06. The first-order chi connectivity index (χ1) is 20.2. The summed E-state index contributed by atoms with van der Waals surface area (Å²) in [5, 5.41) is 8.54. The van der Waals surface area contributed by atoms with Gasteiger partial charge in [-0.2, -0.15) is 0 Å². The molecule has 43 heavy (non-hydrogen) atoms. The van der Waals surface area contributed by atoms with Crippen LogP contribution in [0.4, 0.5) is 9.59 Å². The van der Waals surface area contributed by atoms with E-state index >= 15 is 0 Å². The molecule has 0 bridgehead atoms. The fourth-order valence-corrected chi connectivity index (χ4v) is 7.06. The van der Waals surface area contributed by atoms with Crippen LogP contribution >= 0.6 is 0 Å². The number of nitrogens with two attached hydrogens (primary N) is 1. The first-order valence-corrected chi connectivity index (χ1v) is 15.4. The number of amides is 5. The molecule has 0 aromatic heterocycles. The Balaban J connectivity index is 1.48. The summed E-state index contributed by atoms with van der Waals surface area (Å²) in [5.74, 6) is -2.91. The molecule has 13 nitrogen and oxygen atoms in total. The molecule has 3 aliphatic carbocycles. The van der Waals surface area contributed by atoms with Gasteiger partial charge in [-0.15, -0.1) is 0 Å². The number of ketones is 1. The highest BCUT2D eigenvalue weighted by atomic mass is 16.7. The number of methoxy groups -OCH3 is 1. The van der Waals surface area contributed by atoms with Crippen LogP contribution in [0, 0.1) is 29.1 Å². The van der Waals surface area contributed by atoms with Gasteiger partial charge in [0.15, 0.2) is 0 Å². The standard InChI is InChI=1S/C30H47N5O8/c1-16(2)21(33-27(40)34-30(11-7-6-8-12-30)15-43-28(41)42-5)26(39)35-14-18-20(29(18,3)4)22(35)25(38)32-19(13-17-9-10-17)23(36)24(31)37/h16-22H,6-15H2,1-5H3,(H2,31,37)(H,32,38)(H2,33,34,40)/t18-,19?,20-,21-,22-/m0/s1. The Morgan fingerprint density at radius 2 is 1.65 bits per heavy atom. The number of primary amides is 1. The monoisotopic (exact) mass is 605 g/mol. The topological polar surface area (TPSA) is 186 Å². The van der Waals surface area contributed by atoms with Crippen LogP contribution in [0.15, 0.2) is 0 Å². The largest absolute Gasteiger partial charge is 0.508 e. The maximum Gasteiger partial charge on any atom is 0.508 e. The van der Waals surface area contributed by atoms with E-state index in [0.29, 0.717) is 25.8 Å². The third-order valence-corrected chi connectivity index (χ3v) is 9.94. The van der Waals surface area contributed by atoms with Gasteiger partial charge in [0.2, 0.25) is 17.6 Å². The number of hydrogen-bond donors (Lipinski definition) is 4. The van der Waals surface area contributed by atoms with Crippen LogP contribution in [0.25, 0.3) is 0 Å². The van der Waals surface area contributed by atoms with E-state index in [1.165, 1.54) is 12.0 Å². The summed E-state index contributed by atoms with van der Waals surface area (Å²) >= 11 is 0. The minimum Gasteiger partial charge on any atom is -0.438 e. The van der Waals surface area contributed by atoms with E-state index in [1.54, 1.807) is 0 Å². The number of hydrogen-bond acceptors (Lipinski definition) is 8. The summed E-state index contributed by atoms with van der Waals surface area (Å²) in [6.07, 6.45) is 5.25. The minimum absolute atomic E-state index is 0.0494. The van der Waals surface area contributed by atoms with Crippen molar-refractivity contribution in [2.24, 2.45) is 34.8 Å². The van der Waals surface area contributed by atoms with Crippen molar-refractivity contribution in [3.05, 3.63) is 0 Å². The van der Waals surface area contributed by atoms with Crippen molar-refractivity contribution in [1.82, 2.24) is 20.9 Å². The predicted octanol–water partition coefficient (Wildman–Crippen LogP) is 1.62. The van der Waals surface area contributed by atoms with E-state index in [9.17, 15) is 28.8 Å². The summed E-state index contributed by atoms with van der Waals surface area (Å²) < 4.78 is 9.80. The molecule has 0 radical (unpaired) electrons. The first kappa shape index (κ1) is 32.5. The summed E-state index contributed by atoms with van der Waals surface area (Å²) in [6, 6.07) is -3.38. The van der Waals surface area contributed by atoms with Gasteiger partial charge in [0.25, 0.3) is 5.91 Å². The highest BCUT2D eigenvalue weighted by Gasteiger charge is 2.69. The van der Waals surface area contributed by atoms with Gasteiger partial charge >= 0.3 is 12.2 Å². The summed E-state index contributed by atoms with van der Waals surface area (Å²) in [4.78, 5) is 78.5. The van der Waals surface area contributed by atoms with E-state index in [0.717, 1.165) is 32.1 Å². The summed E-state index contributed by atoms with van der Waals surface area (Å²) in [6.45, 7) is 8.01. The highest BCUT2D eigenvalue weighted by Crippen LogP contribution is 2.65. The molecular weight excluding hydrogens is 558 g/mol. The number of Topliss-reactive ketones (excluding diaryl/α,β-unsaturated/α-hetero) is 1. The van der Waals surface area contributed by atoms with Crippen molar-refractivity contribution < 1.29 is 38.2 Å². The third-order valence-electron chi connectivity index (χ3n) is 9.94.